The molecule has 0 fully saturated rings. The summed E-state index contributed by atoms with van der Waals surface area (Å²) in [6.45, 7) is 0. The number of halogens is 1. The molecular formula is C11H10ClN5O3S. The van der Waals surface area contributed by atoms with Crippen LogP contribution in [0.15, 0.2) is 36.7 Å². The molecule has 10 heteroatoms. The molecule has 0 unspecified atom stereocenters. The molecule has 1 aromatic heterocycles. The fourth-order valence-electron chi connectivity index (χ4n) is 1.45. The Bertz CT molecular complexity index is 764. The van der Waals surface area contributed by atoms with Crippen molar-refractivity contribution < 1.29 is 13.2 Å². The highest BCUT2D eigenvalue weighted by Gasteiger charge is 2.09. The highest BCUT2D eigenvalue weighted by Crippen LogP contribution is 2.16. The Labute approximate surface area is 125 Å². The van der Waals surface area contributed by atoms with Crippen LogP contribution in [0.3, 0.4) is 0 Å². The Morgan fingerprint density at radius 1 is 1.19 bits per heavy atom. The average Bonchev–Trinajstić information content (AvgIpc) is 2.37. The monoisotopic (exact) mass is 327 g/mol. The number of amides is 1. The standard InChI is InChI=1S/C11H10ClN5O3S/c12-10-6-14-9(5-15-10)11(18)16-7-2-1-3-8(4-7)17-21(13,19)20/h1-6,17H,(H,16,18)(H2,13,19,20). The lowest BCUT2D eigenvalue weighted by molar-refractivity contribution is 0.102. The largest absolute Gasteiger partial charge is 0.321 e. The zero-order chi connectivity index (χ0) is 15.5. The van der Waals surface area contributed by atoms with Crippen molar-refractivity contribution in [2.24, 2.45) is 5.14 Å². The summed E-state index contributed by atoms with van der Waals surface area (Å²) in [5.41, 5.74) is 0.659. The van der Waals surface area contributed by atoms with Gasteiger partial charge in [0.05, 0.1) is 18.1 Å². The van der Waals surface area contributed by atoms with Gasteiger partial charge in [0, 0.05) is 5.69 Å². The molecule has 0 aliphatic heterocycles. The van der Waals surface area contributed by atoms with Crippen LogP contribution < -0.4 is 15.2 Å². The predicted molar refractivity (Wildman–Crippen MR) is 78.2 cm³/mol. The number of nitrogens with zero attached hydrogens (tertiary/aromatic N) is 2. The van der Waals surface area contributed by atoms with Crippen LogP contribution in [0.5, 0.6) is 0 Å². The van der Waals surface area contributed by atoms with Crippen molar-refractivity contribution in [2.75, 3.05) is 10.0 Å². The summed E-state index contributed by atoms with van der Waals surface area (Å²) in [6, 6.07) is 6.03. The lowest BCUT2D eigenvalue weighted by Crippen LogP contribution is -2.21. The third-order valence-corrected chi connectivity index (χ3v) is 2.95. The zero-order valence-electron chi connectivity index (χ0n) is 10.4. The molecule has 1 aromatic carbocycles. The number of aromatic nitrogens is 2. The number of hydrogen-bond donors (Lipinski definition) is 3. The van der Waals surface area contributed by atoms with E-state index >= 15 is 0 Å². The molecule has 0 saturated carbocycles. The molecule has 21 heavy (non-hydrogen) atoms. The second-order valence-corrected chi connectivity index (χ2v) is 5.59. The van der Waals surface area contributed by atoms with Crippen molar-refractivity contribution >= 4 is 39.1 Å². The molecule has 1 heterocycles. The normalized spacial score (nSPS) is 11.0. The average molecular weight is 328 g/mol. The van der Waals surface area contributed by atoms with Crippen LogP contribution in [-0.4, -0.2) is 24.3 Å². The summed E-state index contributed by atoms with van der Waals surface area (Å²) < 4.78 is 24.0. The van der Waals surface area contributed by atoms with Gasteiger partial charge in [-0.1, -0.05) is 17.7 Å². The number of nitrogens with one attached hydrogen (secondary N) is 2. The molecule has 0 atom stereocenters. The van der Waals surface area contributed by atoms with Crippen LogP contribution in [0.4, 0.5) is 11.4 Å². The number of carbonyl (C=O) groups is 1. The second kappa shape index (κ2) is 6.04. The molecule has 0 aliphatic rings. The van der Waals surface area contributed by atoms with Gasteiger partial charge in [0.15, 0.2) is 0 Å². The fourth-order valence-corrected chi connectivity index (χ4v) is 2.00. The van der Waals surface area contributed by atoms with E-state index < -0.39 is 16.1 Å². The Balaban J connectivity index is 2.14. The van der Waals surface area contributed by atoms with Crippen molar-refractivity contribution in [3.63, 3.8) is 0 Å². The van der Waals surface area contributed by atoms with Crippen molar-refractivity contribution in [2.45, 2.75) is 0 Å². The van der Waals surface area contributed by atoms with Gasteiger partial charge >= 0.3 is 0 Å². The Hall–Kier alpha value is -2.23. The summed E-state index contributed by atoms with van der Waals surface area (Å²) in [6.07, 6.45) is 2.47. The molecule has 2 rings (SSSR count). The SMILES string of the molecule is NS(=O)(=O)Nc1cccc(NC(=O)c2cnc(Cl)cn2)c1. The Morgan fingerprint density at radius 2 is 1.90 bits per heavy atom. The first-order valence-corrected chi connectivity index (χ1v) is 7.45. The third kappa shape index (κ3) is 4.67. The molecular weight excluding hydrogens is 318 g/mol. The molecule has 110 valence electrons. The number of carbonyl (C=O) groups excluding carboxylic acids is 1. The van der Waals surface area contributed by atoms with Gasteiger partial charge in [0.25, 0.3) is 16.1 Å². The predicted octanol–water partition coefficient (Wildman–Crippen LogP) is 0.998. The van der Waals surface area contributed by atoms with Crippen LogP contribution >= 0.6 is 11.6 Å². The first-order valence-electron chi connectivity index (χ1n) is 5.53. The van der Waals surface area contributed by atoms with E-state index in [1.54, 1.807) is 12.1 Å². The number of nitrogens with two attached hydrogens (primary N) is 1. The highest BCUT2D eigenvalue weighted by atomic mass is 35.5. The van der Waals surface area contributed by atoms with E-state index in [2.05, 4.69) is 20.0 Å². The molecule has 0 saturated heterocycles. The van der Waals surface area contributed by atoms with Crippen LogP contribution in [0.2, 0.25) is 5.15 Å². The van der Waals surface area contributed by atoms with Gasteiger partial charge in [-0.3, -0.25) is 9.52 Å². The van der Waals surface area contributed by atoms with Gasteiger partial charge in [-0.25, -0.2) is 15.1 Å². The van der Waals surface area contributed by atoms with Crippen LogP contribution in [0, 0.1) is 0 Å². The first-order chi connectivity index (χ1) is 9.83. The maximum atomic E-state index is 11.9. The van der Waals surface area contributed by atoms with E-state index in [0.29, 0.717) is 5.69 Å². The van der Waals surface area contributed by atoms with Gasteiger partial charge in [-0.15, -0.1) is 0 Å². The quantitative estimate of drug-likeness (QED) is 0.771. The van der Waals surface area contributed by atoms with E-state index in [-0.39, 0.29) is 16.5 Å². The van der Waals surface area contributed by atoms with Crippen molar-refractivity contribution in [3.8, 4) is 0 Å². The van der Waals surface area contributed by atoms with Crippen molar-refractivity contribution in [1.29, 1.82) is 0 Å². The van der Waals surface area contributed by atoms with Crippen LogP contribution in [-0.2, 0) is 10.2 Å². The zero-order valence-corrected chi connectivity index (χ0v) is 12.0. The fraction of sp³-hybridized carbons (Fsp3) is 0. The van der Waals surface area contributed by atoms with Crippen LogP contribution in [0.25, 0.3) is 0 Å². The van der Waals surface area contributed by atoms with Crippen molar-refractivity contribution in [1.82, 2.24) is 9.97 Å². The molecule has 1 amide bonds. The summed E-state index contributed by atoms with van der Waals surface area (Å²) >= 11 is 5.58. The van der Waals surface area contributed by atoms with E-state index in [1.807, 2.05) is 0 Å². The van der Waals surface area contributed by atoms with E-state index in [4.69, 9.17) is 16.7 Å². The van der Waals surface area contributed by atoms with E-state index in [1.165, 1.54) is 24.5 Å². The molecule has 4 N–H and O–H groups in total. The molecule has 0 spiro atoms. The number of rotatable bonds is 4. The summed E-state index contributed by atoms with van der Waals surface area (Å²) in [7, 11) is -3.88. The van der Waals surface area contributed by atoms with Gasteiger partial charge in [0.1, 0.15) is 10.8 Å². The third-order valence-electron chi connectivity index (χ3n) is 2.23. The maximum Gasteiger partial charge on any atom is 0.296 e. The number of anilines is 2. The van der Waals surface area contributed by atoms with Gasteiger partial charge in [-0.2, -0.15) is 8.42 Å². The van der Waals surface area contributed by atoms with E-state index in [0.717, 1.165) is 0 Å². The van der Waals surface area contributed by atoms with Gasteiger partial charge in [0.2, 0.25) is 0 Å². The molecule has 0 radical (unpaired) electrons. The van der Waals surface area contributed by atoms with Crippen molar-refractivity contribution in [3.05, 3.63) is 47.5 Å². The number of hydrogen-bond acceptors (Lipinski definition) is 5. The van der Waals surface area contributed by atoms with Crippen LogP contribution in [0.1, 0.15) is 10.5 Å². The first kappa shape index (κ1) is 15.2. The lowest BCUT2D eigenvalue weighted by Gasteiger charge is -2.07. The smallest absolute Gasteiger partial charge is 0.296 e. The minimum atomic E-state index is -3.88. The maximum absolute atomic E-state index is 11.9. The molecule has 0 bridgehead atoms. The minimum Gasteiger partial charge on any atom is -0.321 e. The van der Waals surface area contributed by atoms with Gasteiger partial charge in [-0.05, 0) is 18.2 Å². The molecule has 8 nitrogen and oxygen atoms in total. The highest BCUT2D eigenvalue weighted by molar-refractivity contribution is 7.90. The molecule has 2 aromatic rings. The Kier molecular flexibility index (Phi) is 4.36. The summed E-state index contributed by atoms with van der Waals surface area (Å²) in [4.78, 5) is 19.5. The van der Waals surface area contributed by atoms with Gasteiger partial charge < -0.3 is 5.32 Å². The molecule has 0 aliphatic carbocycles. The second-order valence-electron chi connectivity index (χ2n) is 3.91. The summed E-state index contributed by atoms with van der Waals surface area (Å²) in [5.74, 6) is -0.507. The lowest BCUT2D eigenvalue weighted by atomic mass is 10.3. The Morgan fingerprint density at radius 3 is 2.52 bits per heavy atom. The minimum absolute atomic E-state index is 0.0733. The summed E-state index contributed by atoms with van der Waals surface area (Å²) in [5, 5.41) is 7.58. The topological polar surface area (TPSA) is 127 Å². The number of benzene rings is 1. The van der Waals surface area contributed by atoms with E-state index in [9.17, 15) is 13.2 Å².